The number of rotatable bonds is 7. The molecule has 0 aliphatic rings. The molecule has 12 heteroatoms. The van der Waals surface area contributed by atoms with E-state index in [1.54, 1.807) is 46.7 Å². The van der Waals surface area contributed by atoms with Gasteiger partial charge in [-0.15, -0.1) is 10.2 Å². The Morgan fingerprint density at radius 1 is 1.06 bits per heavy atom. The van der Waals surface area contributed by atoms with E-state index in [0.717, 1.165) is 11.5 Å². The Balaban J connectivity index is 0.000000246. The SMILES string of the molecule is CC(C)n1cnnc1-c1cccc(N)n1.CN(C)C=Nc1cccc(C(=O)N/N=C/N(C)C)n1. The van der Waals surface area contributed by atoms with E-state index in [4.69, 9.17) is 5.73 Å². The zero-order chi connectivity index (χ0) is 25.1. The molecule has 0 fully saturated rings. The van der Waals surface area contributed by atoms with Crippen molar-refractivity contribution in [3.8, 4) is 11.5 Å². The smallest absolute Gasteiger partial charge is 0.290 e. The number of anilines is 1. The molecule has 0 bridgehead atoms. The number of amides is 1. The molecule has 0 atom stereocenters. The second-order valence-corrected chi connectivity index (χ2v) is 7.84. The first kappa shape index (κ1) is 25.9. The molecule has 3 aromatic heterocycles. The standard InChI is InChI=1S/C12H18N6O.C10H13N5/c1-17(2)8-13-11-7-5-6-10(15-11)12(19)16-14-9-18(3)4;1-7(2)15-6-12-14-10(15)8-4-3-5-9(11)13-8/h5-9H,1-4H3,(H,16,19);3-7H,1-2H3,(H2,11,13)/b13-8?,14-9+;. The largest absolute Gasteiger partial charge is 0.384 e. The maximum atomic E-state index is 11.7. The summed E-state index contributed by atoms with van der Waals surface area (Å²) in [6.07, 6.45) is 4.81. The van der Waals surface area contributed by atoms with Crippen molar-refractivity contribution in [2.24, 2.45) is 10.1 Å². The average molecular weight is 466 g/mol. The molecule has 0 spiro atoms. The van der Waals surface area contributed by atoms with Crippen molar-refractivity contribution in [3.63, 3.8) is 0 Å². The number of hydrazone groups is 1. The van der Waals surface area contributed by atoms with E-state index in [1.807, 2.05) is 44.9 Å². The molecule has 0 radical (unpaired) electrons. The Kier molecular flexibility index (Phi) is 9.62. The number of nitrogens with two attached hydrogens (primary N) is 1. The van der Waals surface area contributed by atoms with E-state index in [1.165, 1.54) is 6.34 Å². The Morgan fingerprint density at radius 3 is 2.41 bits per heavy atom. The number of carbonyl (C=O) groups is 1. The van der Waals surface area contributed by atoms with Gasteiger partial charge in [-0.25, -0.2) is 20.4 Å². The predicted molar refractivity (Wildman–Crippen MR) is 134 cm³/mol. The van der Waals surface area contributed by atoms with Gasteiger partial charge in [-0.3, -0.25) is 4.79 Å². The lowest BCUT2D eigenvalue weighted by Gasteiger charge is -2.09. The summed E-state index contributed by atoms with van der Waals surface area (Å²) in [5, 5.41) is 11.7. The summed E-state index contributed by atoms with van der Waals surface area (Å²) in [7, 11) is 7.33. The second kappa shape index (κ2) is 12.6. The number of aromatic nitrogens is 5. The van der Waals surface area contributed by atoms with Gasteiger partial charge in [-0.05, 0) is 38.1 Å². The van der Waals surface area contributed by atoms with E-state index >= 15 is 0 Å². The van der Waals surface area contributed by atoms with Gasteiger partial charge >= 0.3 is 0 Å². The summed E-state index contributed by atoms with van der Waals surface area (Å²) >= 11 is 0. The number of nitrogen functional groups attached to an aromatic ring is 1. The summed E-state index contributed by atoms with van der Waals surface area (Å²) < 4.78 is 1.96. The molecule has 180 valence electrons. The summed E-state index contributed by atoms with van der Waals surface area (Å²) in [6, 6.07) is 10.8. The van der Waals surface area contributed by atoms with Crippen LogP contribution in [0.4, 0.5) is 11.6 Å². The van der Waals surface area contributed by atoms with E-state index in [2.05, 4.69) is 49.5 Å². The van der Waals surface area contributed by atoms with Crippen molar-refractivity contribution in [1.29, 1.82) is 0 Å². The van der Waals surface area contributed by atoms with Crippen LogP contribution in [-0.4, -0.2) is 81.3 Å². The number of nitrogens with zero attached hydrogens (tertiary/aromatic N) is 9. The van der Waals surface area contributed by atoms with Crippen molar-refractivity contribution in [3.05, 3.63) is 48.4 Å². The van der Waals surface area contributed by atoms with Gasteiger partial charge in [0.15, 0.2) is 11.6 Å². The van der Waals surface area contributed by atoms with E-state index < -0.39 is 0 Å². The van der Waals surface area contributed by atoms with Gasteiger partial charge in [0, 0.05) is 34.2 Å². The molecule has 0 saturated heterocycles. The number of hydrogen-bond donors (Lipinski definition) is 2. The van der Waals surface area contributed by atoms with Crippen LogP contribution >= 0.6 is 0 Å². The summed E-state index contributed by atoms with van der Waals surface area (Å²) in [5.41, 5.74) is 9.03. The topological polar surface area (TPSA) is 143 Å². The summed E-state index contributed by atoms with van der Waals surface area (Å²) in [6.45, 7) is 4.14. The van der Waals surface area contributed by atoms with Crippen LogP contribution in [0.15, 0.2) is 52.8 Å². The zero-order valence-corrected chi connectivity index (χ0v) is 20.3. The lowest BCUT2D eigenvalue weighted by Crippen LogP contribution is -2.21. The lowest BCUT2D eigenvalue weighted by molar-refractivity contribution is 0.0950. The highest BCUT2D eigenvalue weighted by atomic mass is 16.2. The number of carbonyl (C=O) groups excluding carboxylic acids is 1. The molecular formula is C22H31N11O. The first-order chi connectivity index (χ1) is 16.2. The van der Waals surface area contributed by atoms with Crippen LogP contribution in [0.25, 0.3) is 11.5 Å². The van der Waals surface area contributed by atoms with Crippen LogP contribution in [0.5, 0.6) is 0 Å². The van der Waals surface area contributed by atoms with Crippen LogP contribution in [0.1, 0.15) is 30.4 Å². The molecule has 1 amide bonds. The average Bonchev–Trinajstić information content (AvgIpc) is 3.28. The Labute approximate surface area is 199 Å². The molecular weight excluding hydrogens is 434 g/mol. The Hall–Kier alpha value is -4.35. The maximum absolute atomic E-state index is 11.7. The minimum atomic E-state index is -0.375. The molecule has 0 aliphatic carbocycles. The van der Waals surface area contributed by atoms with Crippen LogP contribution in [-0.2, 0) is 0 Å². The molecule has 3 rings (SSSR count). The van der Waals surface area contributed by atoms with Crippen molar-refractivity contribution < 1.29 is 4.79 Å². The normalized spacial score (nSPS) is 10.9. The third-order valence-electron chi connectivity index (χ3n) is 3.97. The molecule has 34 heavy (non-hydrogen) atoms. The first-order valence-corrected chi connectivity index (χ1v) is 10.5. The minimum Gasteiger partial charge on any atom is -0.384 e. The van der Waals surface area contributed by atoms with Gasteiger partial charge in [0.1, 0.15) is 29.9 Å². The van der Waals surface area contributed by atoms with Crippen molar-refractivity contribution in [2.45, 2.75) is 19.9 Å². The third-order valence-corrected chi connectivity index (χ3v) is 3.97. The fourth-order valence-corrected chi connectivity index (χ4v) is 2.44. The number of hydrogen-bond acceptors (Lipinski definition) is 8. The quantitative estimate of drug-likeness (QED) is 0.307. The van der Waals surface area contributed by atoms with Gasteiger partial charge in [-0.1, -0.05) is 12.1 Å². The van der Waals surface area contributed by atoms with E-state index in [0.29, 0.717) is 17.7 Å². The van der Waals surface area contributed by atoms with Gasteiger partial charge in [0.25, 0.3) is 5.91 Å². The van der Waals surface area contributed by atoms with Gasteiger partial charge in [0.05, 0.1) is 6.34 Å². The first-order valence-electron chi connectivity index (χ1n) is 10.5. The Morgan fingerprint density at radius 2 is 1.76 bits per heavy atom. The molecule has 3 aromatic rings. The van der Waals surface area contributed by atoms with Crippen molar-refractivity contribution in [2.75, 3.05) is 33.9 Å². The molecule has 3 heterocycles. The molecule has 0 aliphatic heterocycles. The monoisotopic (exact) mass is 465 g/mol. The third kappa shape index (κ3) is 8.30. The van der Waals surface area contributed by atoms with Gasteiger partial charge in [0.2, 0.25) is 0 Å². The van der Waals surface area contributed by atoms with E-state index in [9.17, 15) is 4.79 Å². The predicted octanol–water partition coefficient (Wildman–Crippen LogP) is 2.04. The zero-order valence-electron chi connectivity index (χ0n) is 20.3. The van der Waals surface area contributed by atoms with Crippen LogP contribution < -0.4 is 11.2 Å². The van der Waals surface area contributed by atoms with Gasteiger partial charge < -0.3 is 20.1 Å². The minimum absolute atomic E-state index is 0.268. The summed E-state index contributed by atoms with van der Waals surface area (Å²) in [4.78, 5) is 27.7. The fraction of sp³-hybridized carbons (Fsp3) is 0.318. The van der Waals surface area contributed by atoms with Crippen LogP contribution in [0.2, 0.25) is 0 Å². The highest BCUT2D eigenvalue weighted by Gasteiger charge is 2.10. The van der Waals surface area contributed by atoms with E-state index in [-0.39, 0.29) is 11.6 Å². The molecule has 12 nitrogen and oxygen atoms in total. The lowest BCUT2D eigenvalue weighted by atomic mass is 10.3. The highest BCUT2D eigenvalue weighted by molar-refractivity contribution is 5.92. The number of aliphatic imine (C=N–C) groups is 1. The molecule has 3 N–H and O–H groups in total. The maximum Gasteiger partial charge on any atom is 0.290 e. The molecule has 0 unspecified atom stereocenters. The number of pyridine rings is 2. The van der Waals surface area contributed by atoms with Gasteiger partial charge in [-0.2, -0.15) is 5.10 Å². The van der Waals surface area contributed by atoms with Crippen LogP contribution in [0.3, 0.4) is 0 Å². The molecule has 0 saturated carbocycles. The molecule has 0 aromatic carbocycles. The van der Waals surface area contributed by atoms with Crippen molar-refractivity contribution >= 4 is 30.2 Å². The van der Waals surface area contributed by atoms with Crippen LogP contribution in [0, 0.1) is 0 Å². The Bertz CT molecular complexity index is 1120. The summed E-state index contributed by atoms with van der Waals surface area (Å²) in [5.74, 6) is 1.33. The second-order valence-electron chi connectivity index (χ2n) is 7.84. The highest BCUT2D eigenvalue weighted by Crippen LogP contribution is 2.18. The fourth-order valence-electron chi connectivity index (χ4n) is 2.44. The number of nitrogens with one attached hydrogen (secondary N) is 1. The van der Waals surface area contributed by atoms with Crippen molar-refractivity contribution in [1.82, 2.24) is 40.0 Å².